The second-order valence-corrected chi connectivity index (χ2v) is 6.16. The molecule has 0 unspecified atom stereocenters. The highest BCUT2D eigenvalue weighted by Crippen LogP contribution is 2.21. The third-order valence-electron chi connectivity index (χ3n) is 4.46. The Kier molecular flexibility index (Phi) is 5.99. The number of halogens is 2. The SMILES string of the molecule is CN=C(NCCc1cccnc1)N1CCN(c2cc(F)ccc2F)CC1. The monoisotopic (exact) mass is 359 g/mol. The average Bonchev–Trinajstić information content (AvgIpc) is 2.68. The molecule has 1 fully saturated rings. The summed E-state index contributed by atoms with van der Waals surface area (Å²) in [6.45, 7) is 3.38. The van der Waals surface area contributed by atoms with Crippen molar-refractivity contribution < 1.29 is 8.78 Å². The van der Waals surface area contributed by atoms with E-state index in [2.05, 4.69) is 20.2 Å². The van der Waals surface area contributed by atoms with E-state index >= 15 is 0 Å². The second-order valence-electron chi connectivity index (χ2n) is 6.16. The summed E-state index contributed by atoms with van der Waals surface area (Å²) >= 11 is 0. The van der Waals surface area contributed by atoms with Gasteiger partial charge in [-0.25, -0.2) is 8.78 Å². The maximum absolute atomic E-state index is 13.9. The van der Waals surface area contributed by atoms with E-state index in [0.29, 0.717) is 31.9 Å². The molecule has 3 rings (SSSR count). The van der Waals surface area contributed by atoms with E-state index in [0.717, 1.165) is 25.0 Å². The zero-order valence-electron chi connectivity index (χ0n) is 14.8. The van der Waals surface area contributed by atoms with E-state index in [1.165, 1.54) is 17.7 Å². The molecule has 7 heteroatoms. The van der Waals surface area contributed by atoms with Crippen molar-refractivity contribution in [2.24, 2.45) is 4.99 Å². The van der Waals surface area contributed by atoms with Gasteiger partial charge in [0, 0.05) is 58.2 Å². The maximum Gasteiger partial charge on any atom is 0.193 e. The van der Waals surface area contributed by atoms with Crippen LogP contribution in [0, 0.1) is 11.6 Å². The molecule has 1 aliphatic heterocycles. The maximum atomic E-state index is 13.9. The third kappa shape index (κ3) is 4.47. The van der Waals surface area contributed by atoms with Gasteiger partial charge in [-0.3, -0.25) is 9.98 Å². The Labute approximate surface area is 152 Å². The molecule has 2 aromatic rings. The van der Waals surface area contributed by atoms with Crippen LogP contribution in [-0.4, -0.2) is 55.6 Å². The van der Waals surface area contributed by atoms with Crippen LogP contribution in [0.5, 0.6) is 0 Å². The fourth-order valence-electron chi connectivity index (χ4n) is 3.08. The first kappa shape index (κ1) is 18.1. The lowest BCUT2D eigenvalue weighted by atomic mass is 10.2. The Hall–Kier alpha value is -2.70. The predicted octanol–water partition coefficient (Wildman–Crippen LogP) is 2.30. The molecular weight excluding hydrogens is 336 g/mol. The fourth-order valence-corrected chi connectivity index (χ4v) is 3.08. The minimum absolute atomic E-state index is 0.323. The number of nitrogens with one attached hydrogen (secondary N) is 1. The zero-order chi connectivity index (χ0) is 18.4. The van der Waals surface area contributed by atoms with Crippen LogP contribution in [0.4, 0.5) is 14.5 Å². The van der Waals surface area contributed by atoms with Crippen LogP contribution in [0.2, 0.25) is 0 Å². The lowest BCUT2D eigenvalue weighted by Gasteiger charge is -2.37. The number of aliphatic imine (C=N–C) groups is 1. The number of piperazine rings is 1. The summed E-state index contributed by atoms with van der Waals surface area (Å²) in [6, 6.07) is 7.55. The summed E-state index contributed by atoms with van der Waals surface area (Å²) in [5.74, 6) is 0.0174. The fraction of sp³-hybridized carbons (Fsp3) is 0.368. The molecule has 1 aliphatic rings. The van der Waals surface area contributed by atoms with Crippen molar-refractivity contribution in [2.45, 2.75) is 6.42 Å². The summed E-state index contributed by atoms with van der Waals surface area (Å²) < 4.78 is 27.3. The molecule has 2 heterocycles. The molecule has 0 amide bonds. The van der Waals surface area contributed by atoms with Crippen LogP contribution < -0.4 is 10.2 Å². The van der Waals surface area contributed by atoms with Gasteiger partial charge in [-0.15, -0.1) is 0 Å². The van der Waals surface area contributed by atoms with Crippen molar-refractivity contribution in [2.75, 3.05) is 44.7 Å². The van der Waals surface area contributed by atoms with Crippen molar-refractivity contribution in [3.63, 3.8) is 0 Å². The summed E-state index contributed by atoms with van der Waals surface area (Å²) in [6.07, 6.45) is 4.48. The summed E-state index contributed by atoms with van der Waals surface area (Å²) in [7, 11) is 1.75. The zero-order valence-corrected chi connectivity index (χ0v) is 14.8. The van der Waals surface area contributed by atoms with Crippen LogP contribution in [0.25, 0.3) is 0 Å². The van der Waals surface area contributed by atoms with Gasteiger partial charge in [-0.1, -0.05) is 6.07 Å². The minimum Gasteiger partial charge on any atom is -0.366 e. The lowest BCUT2D eigenvalue weighted by molar-refractivity contribution is 0.371. The molecule has 1 aromatic carbocycles. The molecule has 138 valence electrons. The number of benzene rings is 1. The van der Waals surface area contributed by atoms with Crippen molar-refractivity contribution in [3.05, 3.63) is 59.9 Å². The highest BCUT2D eigenvalue weighted by atomic mass is 19.1. The van der Waals surface area contributed by atoms with Gasteiger partial charge in [-0.05, 0) is 30.2 Å². The number of pyridine rings is 1. The molecule has 1 N–H and O–H groups in total. The standard InChI is InChI=1S/C19H23F2N5/c1-22-19(24-8-6-15-3-2-7-23-14-15)26-11-9-25(10-12-26)18-13-16(20)4-5-17(18)21/h2-5,7,13-14H,6,8-12H2,1H3,(H,22,24). The minimum atomic E-state index is -0.420. The Bertz CT molecular complexity index is 743. The number of guanidine groups is 1. The van der Waals surface area contributed by atoms with Crippen LogP contribution in [0.1, 0.15) is 5.56 Å². The largest absolute Gasteiger partial charge is 0.366 e. The Morgan fingerprint density at radius 2 is 2.00 bits per heavy atom. The van der Waals surface area contributed by atoms with Crippen LogP contribution in [-0.2, 0) is 6.42 Å². The number of anilines is 1. The summed E-state index contributed by atoms with van der Waals surface area (Å²) in [5.41, 5.74) is 1.49. The molecule has 0 saturated carbocycles. The van der Waals surface area contributed by atoms with E-state index in [-0.39, 0.29) is 5.82 Å². The van der Waals surface area contributed by atoms with E-state index in [1.807, 2.05) is 23.2 Å². The van der Waals surface area contributed by atoms with Gasteiger partial charge in [0.2, 0.25) is 0 Å². The first-order chi connectivity index (χ1) is 12.7. The molecular formula is C19H23F2N5. The summed E-state index contributed by atoms with van der Waals surface area (Å²) in [4.78, 5) is 12.5. The molecule has 26 heavy (non-hydrogen) atoms. The number of aromatic nitrogens is 1. The normalized spacial score (nSPS) is 15.3. The molecule has 0 atom stereocenters. The first-order valence-corrected chi connectivity index (χ1v) is 8.72. The summed E-state index contributed by atoms with van der Waals surface area (Å²) in [5, 5.41) is 3.36. The van der Waals surface area contributed by atoms with Gasteiger partial charge in [0.25, 0.3) is 0 Å². The average molecular weight is 359 g/mol. The number of hydrogen-bond donors (Lipinski definition) is 1. The van der Waals surface area contributed by atoms with Crippen molar-refractivity contribution in [1.82, 2.24) is 15.2 Å². The van der Waals surface area contributed by atoms with Gasteiger partial charge >= 0.3 is 0 Å². The molecule has 5 nitrogen and oxygen atoms in total. The number of hydrogen-bond acceptors (Lipinski definition) is 3. The van der Waals surface area contributed by atoms with Gasteiger partial charge in [-0.2, -0.15) is 0 Å². The van der Waals surface area contributed by atoms with E-state index in [9.17, 15) is 8.78 Å². The van der Waals surface area contributed by atoms with E-state index < -0.39 is 5.82 Å². The van der Waals surface area contributed by atoms with Crippen molar-refractivity contribution >= 4 is 11.6 Å². The number of rotatable bonds is 4. The Morgan fingerprint density at radius 3 is 2.69 bits per heavy atom. The first-order valence-electron chi connectivity index (χ1n) is 8.72. The van der Waals surface area contributed by atoms with Crippen molar-refractivity contribution in [3.8, 4) is 0 Å². The molecule has 0 radical (unpaired) electrons. The Balaban J connectivity index is 1.52. The third-order valence-corrected chi connectivity index (χ3v) is 4.46. The van der Waals surface area contributed by atoms with Crippen LogP contribution in [0.3, 0.4) is 0 Å². The molecule has 0 aliphatic carbocycles. The molecule has 0 bridgehead atoms. The van der Waals surface area contributed by atoms with Gasteiger partial charge in [0.1, 0.15) is 11.6 Å². The Morgan fingerprint density at radius 1 is 1.19 bits per heavy atom. The van der Waals surface area contributed by atoms with Gasteiger partial charge < -0.3 is 15.1 Å². The van der Waals surface area contributed by atoms with Gasteiger partial charge in [0.05, 0.1) is 5.69 Å². The lowest BCUT2D eigenvalue weighted by Crippen LogP contribution is -2.53. The van der Waals surface area contributed by atoms with Crippen LogP contribution in [0.15, 0.2) is 47.7 Å². The highest BCUT2D eigenvalue weighted by molar-refractivity contribution is 5.80. The second kappa shape index (κ2) is 8.60. The molecule has 0 spiro atoms. The van der Waals surface area contributed by atoms with E-state index in [1.54, 1.807) is 13.2 Å². The van der Waals surface area contributed by atoms with Crippen LogP contribution >= 0.6 is 0 Å². The van der Waals surface area contributed by atoms with E-state index in [4.69, 9.17) is 0 Å². The molecule has 1 saturated heterocycles. The number of nitrogens with zero attached hydrogens (tertiary/aromatic N) is 4. The quantitative estimate of drug-likeness (QED) is 0.672. The van der Waals surface area contributed by atoms with Crippen molar-refractivity contribution in [1.29, 1.82) is 0 Å². The predicted molar refractivity (Wildman–Crippen MR) is 99.4 cm³/mol. The molecule has 1 aromatic heterocycles. The smallest absolute Gasteiger partial charge is 0.193 e. The topological polar surface area (TPSA) is 43.8 Å². The van der Waals surface area contributed by atoms with Gasteiger partial charge in [0.15, 0.2) is 5.96 Å². The highest BCUT2D eigenvalue weighted by Gasteiger charge is 2.21.